The van der Waals surface area contributed by atoms with E-state index in [9.17, 15) is 0 Å². The molecule has 0 saturated carbocycles. The Kier molecular flexibility index (Phi) is 1.83. The van der Waals surface area contributed by atoms with Gasteiger partial charge >= 0.3 is 0 Å². The van der Waals surface area contributed by atoms with Crippen LogP contribution in [0.1, 0.15) is 11.7 Å². The van der Waals surface area contributed by atoms with Gasteiger partial charge < -0.3 is 10.6 Å². The summed E-state index contributed by atoms with van der Waals surface area (Å²) in [7, 11) is 0. The third-order valence-corrected chi connectivity index (χ3v) is 1.83. The quantitative estimate of drug-likeness (QED) is 0.486. The van der Waals surface area contributed by atoms with E-state index in [1.165, 1.54) is 0 Å². The standard InChI is InChI=1S/C6H11N5/c1-2-8-5(3-7-1)6-4-9-11-10-6/h4-5,7-8H,1-3H2,(H,9,10,11). The summed E-state index contributed by atoms with van der Waals surface area (Å²) in [6.07, 6.45) is 1.75. The fraction of sp³-hybridized carbons (Fsp3) is 0.667. The predicted molar refractivity (Wildman–Crippen MR) is 40.0 cm³/mol. The van der Waals surface area contributed by atoms with Crippen LogP contribution in [0.4, 0.5) is 0 Å². The highest BCUT2D eigenvalue weighted by atomic mass is 15.3. The number of hydrogen-bond donors (Lipinski definition) is 3. The molecule has 1 aliphatic heterocycles. The predicted octanol–water partition coefficient (Wildman–Crippen LogP) is -0.961. The van der Waals surface area contributed by atoms with Crippen LogP contribution in [-0.4, -0.2) is 35.0 Å². The SMILES string of the molecule is c1n[nH]nc1C1CNCCN1. The number of nitrogens with one attached hydrogen (secondary N) is 3. The van der Waals surface area contributed by atoms with Gasteiger partial charge in [-0.1, -0.05) is 0 Å². The fourth-order valence-electron chi connectivity index (χ4n) is 1.24. The molecule has 2 rings (SSSR count). The van der Waals surface area contributed by atoms with Gasteiger partial charge in [0.1, 0.15) is 5.69 Å². The summed E-state index contributed by atoms with van der Waals surface area (Å²) < 4.78 is 0. The van der Waals surface area contributed by atoms with Crippen LogP contribution in [0, 0.1) is 0 Å². The van der Waals surface area contributed by atoms with Crippen LogP contribution in [0.15, 0.2) is 6.20 Å². The Hall–Kier alpha value is -0.940. The topological polar surface area (TPSA) is 65.6 Å². The van der Waals surface area contributed by atoms with Gasteiger partial charge in [0, 0.05) is 19.6 Å². The lowest BCUT2D eigenvalue weighted by Crippen LogP contribution is -2.42. The maximum Gasteiger partial charge on any atom is 0.101 e. The van der Waals surface area contributed by atoms with E-state index in [0.29, 0.717) is 6.04 Å². The largest absolute Gasteiger partial charge is 0.314 e. The lowest BCUT2D eigenvalue weighted by molar-refractivity contribution is 0.423. The number of rotatable bonds is 1. The highest BCUT2D eigenvalue weighted by molar-refractivity contribution is 5.01. The van der Waals surface area contributed by atoms with Gasteiger partial charge in [-0.05, 0) is 0 Å². The summed E-state index contributed by atoms with van der Waals surface area (Å²) in [6.45, 7) is 2.97. The zero-order valence-corrected chi connectivity index (χ0v) is 6.17. The van der Waals surface area contributed by atoms with Crippen LogP contribution in [0.3, 0.4) is 0 Å². The Morgan fingerprint density at radius 3 is 3.09 bits per heavy atom. The van der Waals surface area contributed by atoms with Crippen LogP contribution in [0.25, 0.3) is 0 Å². The van der Waals surface area contributed by atoms with Crippen molar-refractivity contribution in [1.82, 2.24) is 26.0 Å². The molecular formula is C6H11N5. The van der Waals surface area contributed by atoms with E-state index in [1.54, 1.807) is 6.20 Å². The minimum Gasteiger partial charge on any atom is -0.314 e. The zero-order chi connectivity index (χ0) is 7.52. The molecule has 5 nitrogen and oxygen atoms in total. The molecule has 1 aromatic heterocycles. The molecule has 60 valence electrons. The molecule has 1 atom stereocenters. The summed E-state index contributed by atoms with van der Waals surface area (Å²) in [4.78, 5) is 0. The zero-order valence-electron chi connectivity index (χ0n) is 6.17. The highest BCUT2D eigenvalue weighted by Crippen LogP contribution is 2.07. The lowest BCUT2D eigenvalue weighted by atomic mass is 10.2. The normalized spacial score (nSPS) is 25.3. The second kappa shape index (κ2) is 2.98. The first-order valence-electron chi connectivity index (χ1n) is 3.76. The van der Waals surface area contributed by atoms with E-state index >= 15 is 0 Å². The molecule has 0 radical (unpaired) electrons. The first-order valence-corrected chi connectivity index (χ1v) is 3.76. The van der Waals surface area contributed by atoms with Crippen LogP contribution in [-0.2, 0) is 0 Å². The molecule has 1 unspecified atom stereocenters. The molecule has 0 aliphatic carbocycles. The second-order valence-electron chi connectivity index (χ2n) is 2.61. The van der Waals surface area contributed by atoms with Crippen molar-refractivity contribution in [3.8, 4) is 0 Å². The highest BCUT2D eigenvalue weighted by Gasteiger charge is 2.15. The summed E-state index contributed by atoms with van der Waals surface area (Å²) in [5.41, 5.74) is 0.984. The molecule has 0 bridgehead atoms. The number of nitrogens with zero attached hydrogens (tertiary/aromatic N) is 2. The van der Waals surface area contributed by atoms with Gasteiger partial charge in [0.05, 0.1) is 12.2 Å². The van der Waals surface area contributed by atoms with E-state index in [-0.39, 0.29) is 0 Å². The molecule has 0 aromatic carbocycles. The monoisotopic (exact) mass is 153 g/mol. The van der Waals surface area contributed by atoms with Crippen molar-refractivity contribution in [1.29, 1.82) is 0 Å². The van der Waals surface area contributed by atoms with Crippen molar-refractivity contribution in [3.63, 3.8) is 0 Å². The van der Waals surface area contributed by atoms with E-state index in [1.807, 2.05) is 0 Å². The Labute approximate surface area is 64.6 Å². The summed E-state index contributed by atoms with van der Waals surface area (Å²) >= 11 is 0. The van der Waals surface area contributed by atoms with Gasteiger partial charge in [0.2, 0.25) is 0 Å². The summed E-state index contributed by atoms with van der Waals surface area (Å²) in [5.74, 6) is 0. The van der Waals surface area contributed by atoms with Crippen molar-refractivity contribution in [3.05, 3.63) is 11.9 Å². The van der Waals surface area contributed by atoms with E-state index in [4.69, 9.17) is 0 Å². The van der Waals surface area contributed by atoms with Crippen LogP contribution < -0.4 is 10.6 Å². The first kappa shape index (κ1) is 6.75. The molecule has 1 fully saturated rings. The number of piperazine rings is 1. The summed E-state index contributed by atoms with van der Waals surface area (Å²) in [5, 5.41) is 17.0. The first-order chi connectivity index (χ1) is 5.47. The number of aromatic amines is 1. The minimum absolute atomic E-state index is 0.322. The maximum atomic E-state index is 4.00. The van der Waals surface area contributed by atoms with E-state index in [0.717, 1.165) is 25.3 Å². The molecule has 5 heteroatoms. The van der Waals surface area contributed by atoms with Gasteiger partial charge in [-0.25, -0.2) is 0 Å². The van der Waals surface area contributed by atoms with Crippen LogP contribution in [0.2, 0.25) is 0 Å². The fourth-order valence-corrected chi connectivity index (χ4v) is 1.24. The van der Waals surface area contributed by atoms with E-state index in [2.05, 4.69) is 26.0 Å². The average Bonchev–Trinajstić information content (AvgIpc) is 2.58. The van der Waals surface area contributed by atoms with Crippen molar-refractivity contribution < 1.29 is 0 Å². The van der Waals surface area contributed by atoms with Crippen molar-refractivity contribution in [2.75, 3.05) is 19.6 Å². The molecule has 1 aliphatic rings. The Morgan fingerprint density at radius 1 is 1.45 bits per heavy atom. The molecule has 11 heavy (non-hydrogen) atoms. The summed E-state index contributed by atoms with van der Waals surface area (Å²) in [6, 6.07) is 0.322. The third kappa shape index (κ3) is 1.38. The molecule has 1 saturated heterocycles. The number of hydrogen-bond acceptors (Lipinski definition) is 4. The third-order valence-electron chi connectivity index (χ3n) is 1.83. The Balaban J connectivity index is 2.04. The Morgan fingerprint density at radius 2 is 2.45 bits per heavy atom. The molecule has 2 heterocycles. The second-order valence-corrected chi connectivity index (χ2v) is 2.61. The van der Waals surface area contributed by atoms with Crippen LogP contribution in [0.5, 0.6) is 0 Å². The van der Waals surface area contributed by atoms with Gasteiger partial charge in [0.15, 0.2) is 0 Å². The van der Waals surface area contributed by atoms with Gasteiger partial charge in [-0.3, -0.25) is 0 Å². The van der Waals surface area contributed by atoms with Crippen molar-refractivity contribution in [2.24, 2.45) is 0 Å². The number of aromatic nitrogens is 3. The maximum absolute atomic E-state index is 4.00. The molecular weight excluding hydrogens is 142 g/mol. The minimum atomic E-state index is 0.322. The average molecular weight is 153 g/mol. The molecule has 0 spiro atoms. The molecule has 0 amide bonds. The molecule has 1 aromatic rings. The lowest BCUT2D eigenvalue weighted by Gasteiger charge is -2.22. The number of H-pyrrole nitrogens is 1. The van der Waals surface area contributed by atoms with Crippen molar-refractivity contribution >= 4 is 0 Å². The van der Waals surface area contributed by atoms with E-state index < -0.39 is 0 Å². The smallest absolute Gasteiger partial charge is 0.101 e. The van der Waals surface area contributed by atoms with Gasteiger partial charge in [-0.15, -0.1) is 0 Å². The van der Waals surface area contributed by atoms with Gasteiger partial charge in [0.25, 0.3) is 0 Å². The van der Waals surface area contributed by atoms with Crippen molar-refractivity contribution in [2.45, 2.75) is 6.04 Å². The van der Waals surface area contributed by atoms with Crippen LogP contribution >= 0.6 is 0 Å². The molecule has 3 N–H and O–H groups in total. The van der Waals surface area contributed by atoms with Gasteiger partial charge in [-0.2, -0.15) is 15.4 Å². The Bertz CT molecular complexity index is 201.